The molecule has 0 aliphatic carbocycles. The van der Waals surface area contributed by atoms with Gasteiger partial charge in [-0.2, -0.15) is 22.4 Å². The summed E-state index contributed by atoms with van der Waals surface area (Å²) >= 11 is 1.15. The van der Waals surface area contributed by atoms with E-state index in [0.717, 1.165) is 26.6 Å². The number of fused-ring (bicyclic) bond motifs is 3. The Morgan fingerprint density at radius 3 is 2.76 bits per heavy atom. The summed E-state index contributed by atoms with van der Waals surface area (Å²) in [4.78, 5) is 5.26. The molecule has 9 nitrogen and oxygen atoms in total. The highest BCUT2D eigenvalue weighted by molar-refractivity contribution is 7.89. The maximum absolute atomic E-state index is 12.8. The quantitative estimate of drug-likeness (QED) is 0.315. The van der Waals surface area contributed by atoms with Crippen LogP contribution in [0.15, 0.2) is 30.6 Å². The Morgan fingerprint density at radius 1 is 1.36 bits per heavy atom. The predicted molar refractivity (Wildman–Crippen MR) is 117 cm³/mol. The van der Waals surface area contributed by atoms with Crippen molar-refractivity contribution in [3.05, 3.63) is 40.5 Å². The molecular formula is C19H19F3N6O3S2. The minimum atomic E-state index is -4.48. The summed E-state index contributed by atoms with van der Waals surface area (Å²) < 4.78 is 68.6. The molecule has 3 heterocycles. The molecule has 0 saturated carbocycles. The number of hydrazine groups is 1. The van der Waals surface area contributed by atoms with Gasteiger partial charge in [-0.05, 0) is 17.7 Å². The molecule has 3 aromatic rings. The summed E-state index contributed by atoms with van der Waals surface area (Å²) in [6.45, 7) is -1.00. The van der Waals surface area contributed by atoms with Gasteiger partial charge in [-0.1, -0.05) is 6.07 Å². The first-order valence-corrected chi connectivity index (χ1v) is 12.3. The van der Waals surface area contributed by atoms with Crippen LogP contribution in [0.5, 0.6) is 5.75 Å². The van der Waals surface area contributed by atoms with Crippen LogP contribution in [-0.2, 0) is 16.4 Å². The van der Waals surface area contributed by atoms with Gasteiger partial charge >= 0.3 is 6.18 Å². The van der Waals surface area contributed by atoms with Crippen molar-refractivity contribution in [3.63, 3.8) is 0 Å². The number of rotatable bonds is 5. The fraction of sp³-hybridized carbons (Fsp3) is 0.316. The van der Waals surface area contributed by atoms with E-state index in [2.05, 4.69) is 15.5 Å². The van der Waals surface area contributed by atoms with Crippen molar-refractivity contribution in [2.45, 2.75) is 12.6 Å². The number of amidine groups is 1. The maximum Gasteiger partial charge on any atom is 0.407 e. The largest absolute Gasteiger partial charge is 0.492 e. The minimum absolute atomic E-state index is 0.157. The summed E-state index contributed by atoms with van der Waals surface area (Å²) in [5.41, 5.74) is 4.84. The Labute approximate surface area is 191 Å². The standard InChI is InChI=1S/C19H19F3N6O3S2/c1-24-27(10-19(20,21)22)17(23)18-26-16-13-4-3-11(7-14(13)31-6-5-15(16)32-18)12-8-25-28(9-12)33(2,29)30/h3-4,7-9,23-24H,5-6,10H2,1-2H3. The van der Waals surface area contributed by atoms with Crippen molar-refractivity contribution in [1.29, 1.82) is 5.41 Å². The molecule has 1 aliphatic rings. The van der Waals surface area contributed by atoms with E-state index in [0.29, 0.717) is 46.2 Å². The number of benzene rings is 1. The molecule has 14 heteroatoms. The zero-order chi connectivity index (χ0) is 24.0. The molecule has 0 bridgehead atoms. The van der Waals surface area contributed by atoms with Gasteiger partial charge in [0.1, 0.15) is 12.3 Å². The molecule has 1 aliphatic heterocycles. The molecule has 33 heavy (non-hydrogen) atoms. The summed E-state index contributed by atoms with van der Waals surface area (Å²) in [5.74, 6) is 0.127. The first kappa shape index (κ1) is 23.2. The molecule has 1 aromatic carbocycles. The Bertz CT molecular complexity index is 1320. The molecule has 4 rings (SSSR count). The zero-order valence-electron chi connectivity index (χ0n) is 17.5. The van der Waals surface area contributed by atoms with Gasteiger partial charge in [0.25, 0.3) is 10.0 Å². The highest BCUT2D eigenvalue weighted by Crippen LogP contribution is 2.40. The normalized spacial score (nSPS) is 13.6. The van der Waals surface area contributed by atoms with Crippen LogP contribution in [0.3, 0.4) is 0 Å². The third-order valence-corrected chi connectivity index (χ3v) is 6.83. The van der Waals surface area contributed by atoms with Gasteiger partial charge in [-0.25, -0.2) is 18.8 Å². The topological polar surface area (TPSA) is 113 Å². The fourth-order valence-corrected chi connectivity index (χ4v) is 4.84. The van der Waals surface area contributed by atoms with Crippen molar-refractivity contribution in [1.82, 2.24) is 24.6 Å². The highest BCUT2D eigenvalue weighted by atomic mass is 32.2. The number of thiazole rings is 1. The number of hydrogen-bond donors (Lipinski definition) is 2. The molecular weight excluding hydrogens is 481 g/mol. The highest BCUT2D eigenvalue weighted by Gasteiger charge is 2.33. The molecule has 2 aromatic heterocycles. The lowest BCUT2D eigenvalue weighted by Gasteiger charge is -2.23. The Balaban J connectivity index is 1.68. The number of halogens is 3. The van der Waals surface area contributed by atoms with E-state index in [-0.39, 0.29) is 10.8 Å². The van der Waals surface area contributed by atoms with Crippen LogP contribution in [0.25, 0.3) is 22.4 Å². The Morgan fingerprint density at radius 2 is 2.12 bits per heavy atom. The van der Waals surface area contributed by atoms with Crippen molar-refractivity contribution in [3.8, 4) is 28.1 Å². The van der Waals surface area contributed by atoms with Crippen LogP contribution in [0, 0.1) is 5.41 Å². The molecule has 2 N–H and O–H groups in total. The summed E-state index contributed by atoms with van der Waals surface area (Å²) in [7, 11) is -2.20. The lowest BCUT2D eigenvalue weighted by atomic mass is 10.0. The maximum atomic E-state index is 12.8. The van der Waals surface area contributed by atoms with Crippen LogP contribution in [0.2, 0.25) is 0 Å². The van der Waals surface area contributed by atoms with Gasteiger partial charge in [-0.3, -0.25) is 10.4 Å². The molecule has 0 saturated heterocycles. The van der Waals surface area contributed by atoms with Crippen molar-refractivity contribution < 1.29 is 26.3 Å². The number of nitrogens with one attached hydrogen (secondary N) is 2. The molecule has 0 amide bonds. The summed E-state index contributed by atoms with van der Waals surface area (Å²) in [6, 6.07) is 5.25. The lowest BCUT2D eigenvalue weighted by molar-refractivity contribution is -0.141. The number of nitrogens with zero attached hydrogens (tertiary/aromatic N) is 4. The summed E-state index contributed by atoms with van der Waals surface area (Å²) in [6.07, 6.45) is -0.123. The SMILES string of the molecule is CNN(CC(F)(F)F)C(=N)c1nc2c(s1)CCOc1cc(-c3cnn(S(C)(=O)=O)c3)ccc1-2. The smallest absolute Gasteiger partial charge is 0.407 e. The molecule has 0 spiro atoms. The second kappa shape index (κ2) is 8.43. The van der Waals surface area contributed by atoms with E-state index in [1.807, 2.05) is 0 Å². The van der Waals surface area contributed by atoms with Crippen LogP contribution >= 0.6 is 11.3 Å². The molecule has 0 atom stereocenters. The first-order chi connectivity index (χ1) is 15.5. The van der Waals surface area contributed by atoms with Gasteiger partial charge in [0.2, 0.25) is 0 Å². The average molecular weight is 501 g/mol. The number of alkyl halides is 3. The van der Waals surface area contributed by atoms with Crippen molar-refractivity contribution >= 4 is 27.2 Å². The van der Waals surface area contributed by atoms with Gasteiger partial charge in [0, 0.05) is 29.5 Å². The van der Waals surface area contributed by atoms with Crippen LogP contribution in [0.1, 0.15) is 9.88 Å². The Kier molecular flexibility index (Phi) is 5.92. The lowest BCUT2D eigenvalue weighted by Crippen LogP contribution is -2.46. The summed E-state index contributed by atoms with van der Waals surface area (Å²) in [5, 5.41) is 12.9. The van der Waals surface area contributed by atoms with E-state index in [1.165, 1.54) is 19.4 Å². The van der Waals surface area contributed by atoms with Crippen LogP contribution in [-0.4, -0.2) is 66.1 Å². The predicted octanol–water partition coefficient (Wildman–Crippen LogP) is 2.74. The number of hydrogen-bond acceptors (Lipinski definition) is 8. The number of aromatic nitrogens is 3. The van der Waals surface area contributed by atoms with E-state index >= 15 is 0 Å². The fourth-order valence-electron chi connectivity index (χ4n) is 3.30. The molecule has 0 unspecified atom stereocenters. The average Bonchev–Trinajstić information content (AvgIpc) is 3.35. The first-order valence-electron chi connectivity index (χ1n) is 9.59. The van der Waals surface area contributed by atoms with Crippen molar-refractivity contribution in [2.24, 2.45) is 0 Å². The second-order valence-corrected chi connectivity index (χ2v) is 10.2. The van der Waals surface area contributed by atoms with Gasteiger partial charge in [-0.15, -0.1) is 11.3 Å². The third-order valence-electron chi connectivity index (χ3n) is 4.83. The molecule has 176 valence electrons. The van der Waals surface area contributed by atoms with E-state index in [4.69, 9.17) is 10.1 Å². The number of ether oxygens (including phenoxy) is 1. The van der Waals surface area contributed by atoms with Gasteiger partial charge in [0.05, 0.1) is 31.0 Å². The Hall–Kier alpha value is -2.97. The molecule has 0 fully saturated rings. The van der Waals surface area contributed by atoms with E-state index in [1.54, 1.807) is 18.2 Å². The van der Waals surface area contributed by atoms with Crippen molar-refractivity contribution in [2.75, 3.05) is 26.5 Å². The van der Waals surface area contributed by atoms with E-state index < -0.39 is 22.7 Å². The second-order valence-electron chi connectivity index (χ2n) is 7.24. The van der Waals surface area contributed by atoms with Gasteiger partial charge in [0.15, 0.2) is 10.8 Å². The van der Waals surface area contributed by atoms with Crippen LogP contribution in [0.4, 0.5) is 13.2 Å². The van der Waals surface area contributed by atoms with E-state index in [9.17, 15) is 21.6 Å². The third kappa shape index (κ3) is 4.86. The molecule has 0 radical (unpaired) electrons. The zero-order valence-corrected chi connectivity index (χ0v) is 19.1. The monoisotopic (exact) mass is 500 g/mol. The van der Waals surface area contributed by atoms with Gasteiger partial charge < -0.3 is 4.74 Å². The minimum Gasteiger partial charge on any atom is -0.492 e. The van der Waals surface area contributed by atoms with Crippen LogP contribution < -0.4 is 10.2 Å².